The van der Waals surface area contributed by atoms with E-state index in [-0.39, 0.29) is 0 Å². The Kier molecular flexibility index (Phi) is 4.30. The smallest absolute Gasteiger partial charge is 0.169 e. The fraction of sp³-hybridized carbons (Fsp3) is 0.733. The summed E-state index contributed by atoms with van der Waals surface area (Å²) in [6.07, 6.45) is 5.39. The summed E-state index contributed by atoms with van der Waals surface area (Å²) in [6, 6.07) is 5.25. The molecule has 2 saturated heterocycles. The first-order valence-electron chi connectivity index (χ1n) is 7.46. The van der Waals surface area contributed by atoms with Gasteiger partial charge in [-0.3, -0.25) is 4.90 Å². The van der Waals surface area contributed by atoms with E-state index in [9.17, 15) is 0 Å². The first-order chi connectivity index (χ1) is 9.24. The number of nitrogens with zero attached hydrogens (tertiary/aromatic N) is 1. The third-order valence-corrected chi connectivity index (χ3v) is 5.22. The van der Waals surface area contributed by atoms with Crippen molar-refractivity contribution in [3.05, 3.63) is 22.6 Å². The molecule has 2 fully saturated rings. The molecule has 2 aliphatic rings. The lowest BCUT2D eigenvalue weighted by Gasteiger charge is -2.37. The molecule has 3 nitrogen and oxygen atoms in total. The number of hydrogen-bond acceptors (Lipinski definition) is 3. The van der Waals surface area contributed by atoms with Crippen LogP contribution in [0.3, 0.4) is 0 Å². The number of piperidine rings is 1. The normalized spacial score (nSPS) is 27.8. The quantitative estimate of drug-likeness (QED) is 0.920. The molecule has 3 heterocycles. The maximum atomic E-state index is 5.69. The van der Waals surface area contributed by atoms with Gasteiger partial charge in [-0.05, 0) is 86.2 Å². The maximum absolute atomic E-state index is 5.69. The molecule has 0 spiro atoms. The molecule has 19 heavy (non-hydrogen) atoms. The molecular formula is C15H23BrN2O. The van der Waals surface area contributed by atoms with Crippen LogP contribution in [-0.2, 0) is 0 Å². The van der Waals surface area contributed by atoms with Gasteiger partial charge in [-0.1, -0.05) is 0 Å². The minimum absolute atomic E-state index is 0.392. The Hall–Kier alpha value is -0.320. The van der Waals surface area contributed by atoms with E-state index in [2.05, 4.69) is 39.1 Å². The molecule has 2 aliphatic heterocycles. The fourth-order valence-corrected chi connectivity index (χ4v) is 3.87. The van der Waals surface area contributed by atoms with Crippen molar-refractivity contribution in [3.8, 4) is 0 Å². The number of halogens is 1. The molecule has 0 bridgehead atoms. The van der Waals surface area contributed by atoms with Crippen molar-refractivity contribution in [2.24, 2.45) is 5.92 Å². The zero-order chi connectivity index (χ0) is 13.2. The highest BCUT2D eigenvalue weighted by atomic mass is 79.9. The lowest BCUT2D eigenvalue weighted by molar-refractivity contribution is 0.115. The van der Waals surface area contributed by atoms with Crippen LogP contribution >= 0.6 is 15.9 Å². The largest absolute Gasteiger partial charge is 0.453 e. The first kappa shape index (κ1) is 13.7. The predicted molar refractivity (Wildman–Crippen MR) is 80.1 cm³/mol. The second kappa shape index (κ2) is 5.98. The summed E-state index contributed by atoms with van der Waals surface area (Å²) in [4.78, 5) is 2.55. The third kappa shape index (κ3) is 3.06. The van der Waals surface area contributed by atoms with Crippen LogP contribution in [0.4, 0.5) is 0 Å². The first-order valence-corrected chi connectivity index (χ1v) is 8.26. The average molecular weight is 327 g/mol. The van der Waals surface area contributed by atoms with Crippen LogP contribution in [0.2, 0.25) is 0 Å². The lowest BCUT2D eigenvalue weighted by Crippen LogP contribution is -2.41. The summed E-state index contributed by atoms with van der Waals surface area (Å²) in [5, 5.41) is 3.66. The molecule has 1 N–H and O–H groups in total. The molecule has 0 aromatic carbocycles. The van der Waals surface area contributed by atoms with Crippen molar-refractivity contribution in [1.29, 1.82) is 0 Å². The second-order valence-corrected chi connectivity index (χ2v) is 6.68. The number of furan rings is 1. The van der Waals surface area contributed by atoms with E-state index in [1.165, 1.54) is 45.3 Å². The lowest BCUT2D eigenvalue weighted by atomic mass is 9.88. The van der Waals surface area contributed by atoms with Gasteiger partial charge in [0, 0.05) is 6.04 Å². The van der Waals surface area contributed by atoms with Crippen LogP contribution in [0, 0.1) is 5.92 Å². The molecule has 0 saturated carbocycles. The summed E-state index contributed by atoms with van der Waals surface area (Å²) in [6.45, 7) is 5.87. The highest BCUT2D eigenvalue weighted by molar-refractivity contribution is 9.10. The van der Waals surface area contributed by atoms with Gasteiger partial charge in [-0.2, -0.15) is 0 Å². The number of rotatable bonds is 3. The predicted octanol–water partition coefficient (Wildman–Crippen LogP) is 3.57. The SMILES string of the molecule is CC(c1ccc(Br)o1)N1CCC(C2CCCN2)CC1. The van der Waals surface area contributed by atoms with Gasteiger partial charge < -0.3 is 9.73 Å². The average Bonchev–Trinajstić information content (AvgIpc) is 3.09. The van der Waals surface area contributed by atoms with Crippen molar-refractivity contribution in [2.45, 2.75) is 44.7 Å². The van der Waals surface area contributed by atoms with Gasteiger partial charge in [-0.25, -0.2) is 0 Å². The Labute approximate surface area is 123 Å². The fourth-order valence-electron chi connectivity index (χ4n) is 3.56. The van der Waals surface area contributed by atoms with Crippen LogP contribution in [0.25, 0.3) is 0 Å². The van der Waals surface area contributed by atoms with Gasteiger partial charge in [-0.15, -0.1) is 0 Å². The topological polar surface area (TPSA) is 28.4 Å². The second-order valence-electron chi connectivity index (χ2n) is 5.89. The van der Waals surface area contributed by atoms with Crippen LogP contribution in [-0.4, -0.2) is 30.6 Å². The van der Waals surface area contributed by atoms with Crippen molar-refractivity contribution in [1.82, 2.24) is 10.2 Å². The Morgan fingerprint density at radius 3 is 2.68 bits per heavy atom. The molecule has 0 aliphatic carbocycles. The van der Waals surface area contributed by atoms with Gasteiger partial charge in [0.15, 0.2) is 4.67 Å². The Morgan fingerprint density at radius 2 is 2.11 bits per heavy atom. The number of likely N-dealkylation sites (tertiary alicyclic amines) is 1. The van der Waals surface area contributed by atoms with Gasteiger partial charge in [0.25, 0.3) is 0 Å². The van der Waals surface area contributed by atoms with Crippen LogP contribution in [0.1, 0.15) is 44.4 Å². The highest BCUT2D eigenvalue weighted by Gasteiger charge is 2.30. The van der Waals surface area contributed by atoms with Crippen molar-refractivity contribution >= 4 is 15.9 Å². The third-order valence-electron chi connectivity index (χ3n) is 4.80. The molecule has 0 radical (unpaired) electrons. The Bertz CT molecular complexity index is 406. The minimum Gasteiger partial charge on any atom is -0.453 e. The van der Waals surface area contributed by atoms with Crippen molar-refractivity contribution in [2.75, 3.05) is 19.6 Å². The zero-order valence-electron chi connectivity index (χ0n) is 11.6. The van der Waals surface area contributed by atoms with E-state index in [1.807, 2.05) is 6.07 Å². The van der Waals surface area contributed by atoms with Gasteiger partial charge in [0.1, 0.15) is 5.76 Å². The standard InChI is InChI=1S/C15H23BrN2O/c1-11(14-4-5-15(16)19-14)18-9-6-12(7-10-18)13-3-2-8-17-13/h4-5,11-13,17H,2-3,6-10H2,1H3. The van der Waals surface area contributed by atoms with E-state index in [1.54, 1.807) is 0 Å². The van der Waals surface area contributed by atoms with Crippen molar-refractivity contribution in [3.63, 3.8) is 0 Å². The molecule has 2 atom stereocenters. The zero-order valence-corrected chi connectivity index (χ0v) is 13.2. The number of hydrogen-bond donors (Lipinski definition) is 1. The van der Waals surface area contributed by atoms with E-state index < -0.39 is 0 Å². The molecular weight excluding hydrogens is 304 g/mol. The van der Waals surface area contributed by atoms with Gasteiger partial charge in [0.2, 0.25) is 0 Å². The van der Waals surface area contributed by atoms with E-state index >= 15 is 0 Å². The Balaban J connectivity index is 1.54. The van der Waals surface area contributed by atoms with Gasteiger partial charge >= 0.3 is 0 Å². The van der Waals surface area contributed by atoms with Gasteiger partial charge in [0.05, 0.1) is 6.04 Å². The van der Waals surface area contributed by atoms with Crippen molar-refractivity contribution < 1.29 is 4.42 Å². The van der Waals surface area contributed by atoms with Crippen LogP contribution in [0.5, 0.6) is 0 Å². The molecule has 1 aromatic rings. The summed E-state index contributed by atoms with van der Waals surface area (Å²) < 4.78 is 6.52. The number of nitrogens with one attached hydrogen (secondary N) is 1. The van der Waals surface area contributed by atoms with Crippen LogP contribution < -0.4 is 5.32 Å². The van der Waals surface area contributed by atoms with E-state index in [0.29, 0.717) is 6.04 Å². The molecule has 106 valence electrons. The molecule has 4 heteroatoms. The molecule has 1 aromatic heterocycles. The van der Waals surface area contributed by atoms with E-state index in [0.717, 1.165) is 22.4 Å². The summed E-state index contributed by atoms with van der Waals surface area (Å²) in [5.74, 6) is 1.96. The minimum atomic E-state index is 0.392. The molecule has 0 amide bonds. The molecule has 2 unspecified atom stereocenters. The summed E-state index contributed by atoms with van der Waals surface area (Å²) in [5.41, 5.74) is 0. The summed E-state index contributed by atoms with van der Waals surface area (Å²) in [7, 11) is 0. The monoisotopic (exact) mass is 326 g/mol. The highest BCUT2D eigenvalue weighted by Crippen LogP contribution is 2.31. The Morgan fingerprint density at radius 1 is 1.32 bits per heavy atom. The molecule has 3 rings (SSSR count). The van der Waals surface area contributed by atoms with Crippen LogP contribution in [0.15, 0.2) is 21.2 Å². The maximum Gasteiger partial charge on any atom is 0.169 e. The van der Waals surface area contributed by atoms with E-state index in [4.69, 9.17) is 4.42 Å². The summed E-state index contributed by atoms with van der Waals surface area (Å²) >= 11 is 3.39.